The first kappa shape index (κ1) is 12.9. The van der Waals surface area contributed by atoms with Crippen LogP contribution < -0.4 is 5.73 Å². The van der Waals surface area contributed by atoms with Gasteiger partial charge in [0, 0.05) is 5.56 Å². The van der Waals surface area contributed by atoms with E-state index in [9.17, 15) is 21.6 Å². The predicted molar refractivity (Wildman–Crippen MR) is 55.6 cm³/mol. The van der Waals surface area contributed by atoms with Crippen LogP contribution in [0.25, 0.3) is 0 Å². The standard InChI is InChI=1S/C8H6F3NO2S2/c9-8(10,11)16(13,14)6-3-1-2-5(4-6)7(12)15/h1-4H,(H2,12,15). The number of thiocarbonyl (C=S) groups is 1. The second-order valence-electron chi connectivity index (χ2n) is 2.84. The Morgan fingerprint density at radius 1 is 1.31 bits per heavy atom. The fourth-order valence-electron chi connectivity index (χ4n) is 0.950. The fourth-order valence-corrected chi connectivity index (χ4v) is 1.88. The maximum atomic E-state index is 12.2. The average Bonchev–Trinajstić information content (AvgIpc) is 2.16. The summed E-state index contributed by atoms with van der Waals surface area (Å²) in [5.41, 5.74) is -0.0714. The lowest BCUT2D eigenvalue weighted by Gasteiger charge is -2.08. The Morgan fingerprint density at radius 3 is 2.31 bits per heavy atom. The van der Waals surface area contributed by atoms with Crippen LogP contribution in [0.3, 0.4) is 0 Å². The molecule has 0 fully saturated rings. The van der Waals surface area contributed by atoms with Crippen LogP contribution in [0.2, 0.25) is 0 Å². The van der Waals surface area contributed by atoms with Gasteiger partial charge in [-0.2, -0.15) is 13.2 Å². The molecule has 0 bridgehead atoms. The van der Waals surface area contributed by atoms with Crippen LogP contribution in [-0.4, -0.2) is 18.9 Å². The monoisotopic (exact) mass is 269 g/mol. The summed E-state index contributed by atoms with van der Waals surface area (Å²) in [5.74, 6) is 0. The minimum absolute atomic E-state index is 0.0697. The van der Waals surface area contributed by atoms with Gasteiger partial charge in [0.2, 0.25) is 0 Å². The Balaban J connectivity index is 3.36. The molecule has 0 aromatic heterocycles. The first-order valence-corrected chi connectivity index (χ1v) is 5.76. The highest BCUT2D eigenvalue weighted by molar-refractivity contribution is 7.92. The number of sulfone groups is 1. The zero-order valence-corrected chi connectivity index (χ0v) is 9.29. The summed E-state index contributed by atoms with van der Waals surface area (Å²) in [6.07, 6.45) is 0. The third-order valence-corrected chi connectivity index (χ3v) is 3.45. The largest absolute Gasteiger partial charge is 0.501 e. The minimum Gasteiger partial charge on any atom is -0.389 e. The van der Waals surface area contributed by atoms with Gasteiger partial charge in [-0.1, -0.05) is 24.4 Å². The quantitative estimate of drug-likeness (QED) is 0.829. The van der Waals surface area contributed by atoms with E-state index < -0.39 is 20.2 Å². The van der Waals surface area contributed by atoms with E-state index in [2.05, 4.69) is 12.2 Å². The lowest BCUT2D eigenvalue weighted by atomic mass is 10.2. The van der Waals surface area contributed by atoms with Gasteiger partial charge in [-0.25, -0.2) is 8.42 Å². The Bertz CT molecular complexity index is 522. The molecule has 1 rings (SSSR count). The number of rotatable bonds is 2. The third-order valence-electron chi connectivity index (χ3n) is 1.73. The summed E-state index contributed by atoms with van der Waals surface area (Å²) in [6.45, 7) is 0. The molecule has 0 aliphatic carbocycles. The number of nitrogens with two attached hydrogens (primary N) is 1. The SMILES string of the molecule is NC(=S)c1cccc(S(=O)(=O)C(F)(F)F)c1. The Morgan fingerprint density at radius 2 is 1.88 bits per heavy atom. The smallest absolute Gasteiger partial charge is 0.389 e. The molecule has 0 unspecified atom stereocenters. The molecule has 16 heavy (non-hydrogen) atoms. The number of hydrogen-bond acceptors (Lipinski definition) is 3. The molecule has 2 N–H and O–H groups in total. The Hall–Kier alpha value is -1.15. The van der Waals surface area contributed by atoms with Crippen molar-refractivity contribution in [3.05, 3.63) is 29.8 Å². The van der Waals surface area contributed by atoms with Crippen LogP contribution in [0.4, 0.5) is 13.2 Å². The molecule has 8 heteroatoms. The van der Waals surface area contributed by atoms with Crippen molar-refractivity contribution in [1.29, 1.82) is 0 Å². The fraction of sp³-hybridized carbons (Fsp3) is 0.125. The van der Waals surface area contributed by atoms with Crippen molar-refractivity contribution >= 4 is 27.0 Å². The molecule has 1 aromatic carbocycles. The van der Waals surface area contributed by atoms with E-state index >= 15 is 0 Å². The molecule has 1 aromatic rings. The van der Waals surface area contributed by atoms with Crippen LogP contribution >= 0.6 is 12.2 Å². The summed E-state index contributed by atoms with van der Waals surface area (Å²) in [6, 6.07) is 4.11. The number of halogens is 3. The maximum absolute atomic E-state index is 12.2. The molecule has 0 heterocycles. The molecule has 0 aliphatic rings. The van der Waals surface area contributed by atoms with Crippen molar-refractivity contribution in [2.75, 3.05) is 0 Å². The molecule has 3 nitrogen and oxygen atoms in total. The van der Waals surface area contributed by atoms with Gasteiger partial charge < -0.3 is 5.73 Å². The van der Waals surface area contributed by atoms with Crippen LogP contribution in [-0.2, 0) is 9.84 Å². The van der Waals surface area contributed by atoms with Gasteiger partial charge in [0.25, 0.3) is 9.84 Å². The highest BCUT2D eigenvalue weighted by Crippen LogP contribution is 2.30. The van der Waals surface area contributed by atoms with E-state index in [4.69, 9.17) is 5.73 Å². The summed E-state index contributed by atoms with van der Waals surface area (Å²) < 4.78 is 58.6. The molecule has 0 saturated heterocycles. The second-order valence-corrected chi connectivity index (χ2v) is 5.22. The zero-order chi connectivity index (χ0) is 12.6. The molecular formula is C8H6F3NO2S2. The lowest BCUT2D eigenvalue weighted by molar-refractivity contribution is -0.0436. The maximum Gasteiger partial charge on any atom is 0.501 e. The zero-order valence-electron chi connectivity index (χ0n) is 7.65. The Labute approximate surface area is 95.0 Å². The van der Waals surface area contributed by atoms with Gasteiger partial charge in [-0.15, -0.1) is 0 Å². The van der Waals surface area contributed by atoms with Gasteiger partial charge in [0.05, 0.1) is 4.90 Å². The first-order chi connectivity index (χ1) is 7.16. The number of benzene rings is 1. The van der Waals surface area contributed by atoms with Crippen LogP contribution in [0.1, 0.15) is 5.56 Å². The van der Waals surface area contributed by atoms with Crippen molar-refractivity contribution in [2.24, 2.45) is 5.73 Å². The van der Waals surface area contributed by atoms with E-state index in [-0.39, 0.29) is 10.6 Å². The van der Waals surface area contributed by atoms with E-state index in [1.54, 1.807) is 0 Å². The topological polar surface area (TPSA) is 60.2 Å². The second kappa shape index (κ2) is 4.02. The van der Waals surface area contributed by atoms with Crippen molar-refractivity contribution in [3.8, 4) is 0 Å². The van der Waals surface area contributed by atoms with Crippen molar-refractivity contribution < 1.29 is 21.6 Å². The van der Waals surface area contributed by atoms with Gasteiger partial charge in [-0.05, 0) is 12.1 Å². The van der Waals surface area contributed by atoms with Crippen molar-refractivity contribution in [3.63, 3.8) is 0 Å². The van der Waals surface area contributed by atoms with Gasteiger partial charge in [-0.3, -0.25) is 0 Å². The molecule has 0 saturated carbocycles. The average molecular weight is 269 g/mol. The van der Waals surface area contributed by atoms with Crippen molar-refractivity contribution in [2.45, 2.75) is 10.4 Å². The molecule has 0 radical (unpaired) electrons. The van der Waals surface area contributed by atoms with E-state index in [0.29, 0.717) is 0 Å². The van der Waals surface area contributed by atoms with Crippen molar-refractivity contribution in [1.82, 2.24) is 0 Å². The van der Waals surface area contributed by atoms with E-state index in [1.807, 2.05) is 0 Å². The van der Waals surface area contributed by atoms with Gasteiger partial charge >= 0.3 is 5.51 Å². The molecule has 0 spiro atoms. The van der Waals surface area contributed by atoms with Crippen LogP contribution in [0.5, 0.6) is 0 Å². The normalized spacial score (nSPS) is 12.4. The number of hydrogen-bond donors (Lipinski definition) is 1. The highest BCUT2D eigenvalue weighted by Gasteiger charge is 2.46. The molecule has 0 amide bonds. The van der Waals surface area contributed by atoms with Crippen LogP contribution in [0.15, 0.2) is 29.2 Å². The minimum atomic E-state index is -5.35. The summed E-state index contributed by atoms with van der Waals surface area (Å²) >= 11 is 4.54. The number of alkyl halides is 3. The summed E-state index contributed by atoms with van der Waals surface area (Å²) in [4.78, 5) is -1.04. The summed E-state index contributed by atoms with van der Waals surface area (Å²) in [7, 11) is -5.35. The summed E-state index contributed by atoms with van der Waals surface area (Å²) in [5, 5.41) is 0. The molecular weight excluding hydrogens is 263 g/mol. The molecule has 88 valence electrons. The Kier molecular flexibility index (Phi) is 3.25. The van der Waals surface area contributed by atoms with Gasteiger partial charge in [0.15, 0.2) is 0 Å². The molecule has 0 aliphatic heterocycles. The van der Waals surface area contributed by atoms with Gasteiger partial charge in [0.1, 0.15) is 4.99 Å². The molecule has 0 atom stereocenters. The third kappa shape index (κ3) is 2.33. The first-order valence-electron chi connectivity index (χ1n) is 3.87. The van der Waals surface area contributed by atoms with E-state index in [1.165, 1.54) is 6.07 Å². The lowest BCUT2D eigenvalue weighted by Crippen LogP contribution is -2.23. The highest BCUT2D eigenvalue weighted by atomic mass is 32.2. The van der Waals surface area contributed by atoms with E-state index in [0.717, 1.165) is 18.2 Å². The van der Waals surface area contributed by atoms with Crippen LogP contribution in [0, 0.1) is 0 Å². The predicted octanol–water partition coefficient (Wildman–Crippen LogP) is 1.61.